The molecule has 24 heavy (non-hydrogen) atoms. The van der Waals surface area contributed by atoms with Gasteiger partial charge in [0, 0.05) is 45.4 Å². The summed E-state index contributed by atoms with van der Waals surface area (Å²) < 4.78 is 0. The summed E-state index contributed by atoms with van der Waals surface area (Å²) in [6.07, 6.45) is 7.74. The van der Waals surface area contributed by atoms with Gasteiger partial charge in [0.05, 0.1) is 5.60 Å². The Bertz CT molecular complexity index is 550. The SMILES string of the molecule is CNC(=O)CC[C@@]1(O)CCCN(C(=O)CCCc2ccncc2)C1. The van der Waals surface area contributed by atoms with E-state index in [1.165, 1.54) is 5.56 Å². The molecule has 6 nitrogen and oxygen atoms in total. The molecule has 1 fully saturated rings. The van der Waals surface area contributed by atoms with E-state index in [1.54, 1.807) is 24.3 Å². The van der Waals surface area contributed by atoms with E-state index >= 15 is 0 Å². The number of piperidine rings is 1. The monoisotopic (exact) mass is 333 g/mol. The minimum absolute atomic E-state index is 0.0794. The van der Waals surface area contributed by atoms with Gasteiger partial charge in [0.15, 0.2) is 0 Å². The van der Waals surface area contributed by atoms with Gasteiger partial charge in [-0.1, -0.05) is 0 Å². The number of carbonyl (C=O) groups excluding carboxylic acids is 2. The molecule has 0 saturated carbocycles. The molecule has 1 atom stereocenters. The van der Waals surface area contributed by atoms with Crippen molar-refractivity contribution in [2.24, 2.45) is 0 Å². The lowest BCUT2D eigenvalue weighted by atomic mass is 9.88. The molecule has 0 unspecified atom stereocenters. The maximum absolute atomic E-state index is 12.4. The first kappa shape index (κ1) is 18.4. The molecule has 1 aromatic rings. The molecule has 0 spiro atoms. The zero-order chi connectivity index (χ0) is 17.4. The topological polar surface area (TPSA) is 82.5 Å². The van der Waals surface area contributed by atoms with Gasteiger partial charge in [0.25, 0.3) is 0 Å². The van der Waals surface area contributed by atoms with Gasteiger partial charge in [-0.15, -0.1) is 0 Å². The highest BCUT2D eigenvalue weighted by molar-refractivity contribution is 5.77. The molecule has 6 heteroatoms. The molecule has 2 heterocycles. The average Bonchev–Trinajstić information content (AvgIpc) is 2.60. The van der Waals surface area contributed by atoms with Crippen LogP contribution in [0.25, 0.3) is 0 Å². The lowest BCUT2D eigenvalue weighted by Gasteiger charge is -2.39. The second-order valence-electron chi connectivity index (χ2n) is 6.53. The highest BCUT2D eigenvalue weighted by Gasteiger charge is 2.35. The van der Waals surface area contributed by atoms with Gasteiger partial charge in [-0.05, 0) is 49.8 Å². The van der Waals surface area contributed by atoms with Crippen LogP contribution in [0.5, 0.6) is 0 Å². The standard InChI is InChI=1S/C18H27N3O3/c1-19-16(22)6-10-18(24)9-3-13-21(14-18)17(23)5-2-4-15-7-11-20-12-8-15/h7-8,11-12,24H,2-6,9-10,13-14H2,1H3,(H,19,22)/t18-/m0/s1. The molecule has 0 radical (unpaired) electrons. The van der Waals surface area contributed by atoms with Gasteiger partial charge in [-0.25, -0.2) is 0 Å². The normalized spacial score (nSPS) is 20.7. The van der Waals surface area contributed by atoms with Crippen LogP contribution in [0.2, 0.25) is 0 Å². The van der Waals surface area contributed by atoms with E-state index in [-0.39, 0.29) is 18.2 Å². The summed E-state index contributed by atoms with van der Waals surface area (Å²) in [6.45, 7) is 1.02. The average molecular weight is 333 g/mol. The highest BCUT2D eigenvalue weighted by Crippen LogP contribution is 2.26. The molecule has 2 rings (SSSR count). The Balaban J connectivity index is 1.78. The number of aryl methyl sites for hydroxylation is 1. The first-order chi connectivity index (χ1) is 11.5. The van der Waals surface area contributed by atoms with Crippen LogP contribution in [0.4, 0.5) is 0 Å². The number of nitrogens with one attached hydrogen (secondary N) is 1. The third-order valence-electron chi connectivity index (χ3n) is 4.61. The van der Waals surface area contributed by atoms with Crippen LogP contribution in [0.3, 0.4) is 0 Å². The molecular formula is C18H27N3O3. The van der Waals surface area contributed by atoms with Crippen molar-refractivity contribution >= 4 is 11.8 Å². The van der Waals surface area contributed by atoms with Gasteiger partial charge in [-0.3, -0.25) is 14.6 Å². The summed E-state index contributed by atoms with van der Waals surface area (Å²) in [6, 6.07) is 3.92. The summed E-state index contributed by atoms with van der Waals surface area (Å²) in [4.78, 5) is 29.5. The first-order valence-corrected chi connectivity index (χ1v) is 8.62. The molecular weight excluding hydrogens is 306 g/mol. The smallest absolute Gasteiger partial charge is 0.222 e. The van der Waals surface area contributed by atoms with Crippen molar-refractivity contribution < 1.29 is 14.7 Å². The number of likely N-dealkylation sites (tertiary alicyclic amines) is 1. The van der Waals surface area contributed by atoms with Crippen LogP contribution >= 0.6 is 0 Å². The molecule has 2 N–H and O–H groups in total. The Morgan fingerprint density at radius 2 is 2.08 bits per heavy atom. The molecule has 0 aliphatic carbocycles. The van der Waals surface area contributed by atoms with E-state index in [0.29, 0.717) is 32.4 Å². The van der Waals surface area contributed by atoms with Crippen LogP contribution in [0.1, 0.15) is 44.1 Å². The number of pyridine rings is 1. The van der Waals surface area contributed by atoms with Crippen molar-refractivity contribution in [3.05, 3.63) is 30.1 Å². The predicted octanol–water partition coefficient (Wildman–Crippen LogP) is 1.28. The van der Waals surface area contributed by atoms with Crippen LogP contribution < -0.4 is 5.32 Å². The fourth-order valence-electron chi connectivity index (χ4n) is 3.15. The molecule has 1 saturated heterocycles. The Labute approximate surface area is 143 Å². The van der Waals surface area contributed by atoms with Crippen molar-refractivity contribution in [2.75, 3.05) is 20.1 Å². The fraction of sp³-hybridized carbons (Fsp3) is 0.611. The van der Waals surface area contributed by atoms with E-state index in [0.717, 1.165) is 19.3 Å². The largest absolute Gasteiger partial charge is 0.388 e. The molecule has 1 aromatic heterocycles. The Kier molecular flexibility index (Phi) is 6.73. The van der Waals surface area contributed by atoms with E-state index in [9.17, 15) is 14.7 Å². The lowest BCUT2D eigenvalue weighted by molar-refractivity contribution is -0.139. The van der Waals surface area contributed by atoms with Crippen LogP contribution in [0, 0.1) is 0 Å². The van der Waals surface area contributed by atoms with Crippen molar-refractivity contribution in [1.82, 2.24) is 15.2 Å². The van der Waals surface area contributed by atoms with Gasteiger partial charge in [0.2, 0.25) is 11.8 Å². The van der Waals surface area contributed by atoms with Crippen molar-refractivity contribution in [3.63, 3.8) is 0 Å². The van der Waals surface area contributed by atoms with E-state index in [2.05, 4.69) is 10.3 Å². The summed E-state index contributed by atoms with van der Waals surface area (Å²) in [5.74, 6) is 0.00588. The number of rotatable bonds is 7. The molecule has 1 aliphatic heterocycles. The van der Waals surface area contributed by atoms with Crippen LogP contribution in [-0.4, -0.2) is 52.5 Å². The number of amides is 2. The summed E-state index contributed by atoms with van der Waals surface area (Å²) in [5, 5.41) is 13.2. The predicted molar refractivity (Wildman–Crippen MR) is 91.2 cm³/mol. The summed E-state index contributed by atoms with van der Waals surface area (Å²) in [7, 11) is 1.59. The third kappa shape index (κ3) is 5.60. The molecule has 0 aromatic carbocycles. The quantitative estimate of drug-likeness (QED) is 0.787. The van der Waals surface area contributed by atoms with Gasteiger partial charge >= 0.3 is 0 Å². The van der Waals surface area contributed by atoms with E-state index in [4.69, 9.17) is 0 Å². The van der Waals surface area contributed by atoms with Crippen molar-refractivity contribution in [2.45, 2.75) is 50.5 Å². The second kappa shape index (κ2) is 8.78. The summed E-state index contributed by atoms with van der Waals surface area (Å²) in [5.41, 5.74) is 0.240. The number of carbonyl (C=O) groups is 2. The Morgan fingerprint density at radius 1 is 1.33 bits per heavy atom. The van der Waals surface area contributed by atoms with Crippen molar-refractivity contribution in [3.8, 4) is 0 Å². The molecule has 132 valence electrons. The van der Waals surface area contributed by atoms with Gasteiger partial charge in [-0.2, -0.15) is 0 Å². The number of nitrogens with zero attached hydrogens (tertiary/aromatic N) is 2. The first-order valence-electron chi connectivity index (χ1n) is 8.62. The highest BCUT2D eigenvalue weighted by atomic mass is 16.3. The van der Waals surface area contributed by atoms with E-state index in [1.807, 2.05) is 12.1 Å². The summed E-state index contributed by atoms with van der Waals surface area (Å²) >= 11 is 0. The number of aromatic nitrogens is 1. The number of β-amino-alcohol motifs (C(OH)–C–C–N with tert-alkyl or cyclic N) is 1. The van der Waals surface area contributed by atoms with Crippen LogP contribution in [0.15, 0.2) is 24.5 Å². The van der Waals surface area contributed by atoms with E-state index < -0.39 is 5.60 Å². The van der Waals surface area contributed by atoms with Gasteiger partial charge < -0.3 is 15.3 Å². The zero-order valence-electron chi connectivity index (χ0n) is 14.3. The minimum atomic E-state index is -0.939. The molecule has 0 bridgehead atoms. The second-order valence-corrected chi connectivity index (χ2v) is 6.53. The maximum Gasteiger partial charge on any atom is 0.222 e. The zero-order valence-corrected chi connectivity index (χ0v) is 14.3. The number of hydrogen-bond donors (Lipinski definition) is 2. The van der Waals surface area contributed by atoms with Gasteiger partial charge in [0.1, 0.15) is 0 Å². The molecule has 2 amide bonds. The Hall–Kier alpha value is -1.95. The maximum atomic E-state index is 12.4. The molecule has 1 aliphatic rings. The Morgan fingerprint density at radius 3 is 2.79 bits per heavy atom. The fourth-order valence-corrected chi connectivity index (χ4v) is 3.15. The van der Waals surface area contributed by atoms with Crippen LogP contribution in [-0.2, 0) is 16.0 Å². The minimum Gasteiger partial charge on any atom is -0.388 e. The third-order valence-corrected chi connectivity index (χ3v) is 4.61. The number of hydrogen-bond acceptors (Lipinski definition) is 4. The number of aliphatic hydroxyl groups is 1. The lowest BCUT2D eigenvalue weighted by Crippen LogP contribution is -2.50. The van der Waals surface area contributed by atoms with Crippen molar-refractivity contribution in [1.29, 1.82) is 0 Å².